The molecule has 1 aromatic rings. The molecule has 1 aromatic heterocycles. The molecule has 1 saturated heterocycles. The maximum atomic E-state index is 10.6. The lowest BCUT2D eigenvalue weighted by Gasteiger charge is -2.37. The molecule has 0 unspecified atom stereocenters. The zero-order valence-electron chi connectivity index (χ0n) is 8.96. The summed E-state index contributed by atoms with van der Waals surface area (Å²) in [4.78, 5) is 20.7. The molecule has 0 amide bonds. The monoisotopic (exact) mass is 223 g/mol. The standard InChI is InChI=1S/C10H13N3O3/c1-2-16-9-4-11-3-8(12-9)13-5-7(6-13)10(14)15/h3-4,7H,2,5-6H2,1H3,(H,14,15). The second-order valence-electron chi connectivity index (χ2n) is 3.59. The van der Waals surface area contributed by atoms with E-state index in [1.165, 1.54) is 0 Å². The van der Waals surface area contributed by atoms with E-state index in [4.69, 9.17) is 9.84 Å². The van der Waals surface area contributed by atoms with Crippen LogP contribution in [0.3, 0.4) is 0 Å². The lowest BCUT2D eigenvalue weighted by Crippen LogP contribution is -2.50. The predicted molar refractivity (Wildman–Crippen MR) is 56.5 cm³/mol. The van der Waals surface area contributed by atoms with Crippen molar-refractivity contribution in [3.05, 3.63) is 12.4 Å². The number of nitrogens with zero attached hydrogens (tertiary/aromatic N) is 3. The van der Waals surface area contributed by atoms with Gasteiger partial charge in [0.05, 0.1) is 24.9 Å². The third-order valence-corrected chi connectivity index (χ3v) is 2.45. The average molecular weight is 223 g/mol. The van der Waals surface area contributed by atoms with Gasteiger partial charge < -0.3 is 14.7 Å². The van der Waals surface area contributed by atoms with Crippen LogP contribution in [0.4, 0.5) is 5.82 Å². The third-order valence-electron chi connectivity index (χ3n) is 2.45. The molecule has 0 saturated carbocycles. The van der Waals surface area contributed by atoms with Crippen molar-refractivity contribution in [1.82, 2.24) is 9.97 Å². The van der Waals surface area contributed by atoms with E-state index in [2.05, 4.69) is 9.97 Å². The van der Waals surface area contributed by atoms with Crippen LogP contribution in [0.15, 0.2) is 12.4 Å². The molecule has 0 spiro atoms. The smallest absolute Gasteiger partial charge is 0.310 e. The van der Waals surface area contributed by atoms with Crippen molar-refractivity contribution in [1.29, 1.82) is 0 Å². The maximum Gasteiger partial charge on any atom is 0.310 e. The fraction of sp³-hybridized carbons (Fsp3) is 0.500. The normalized spacial score (nSPS) is 15.7. The summed E-state index contributed by atoms with van der Waals surface area (Å²) in [7, 11) is 0. The Morgan fingerprint density at radius 2 is 2.38 bits per heavy atom. The summed E-state index contributed by atoms with van der Waals surface area (Å²) in [6.07, 6.45) is 3.15. The fourth-order valence-electron chi connectivity index (χ4n) is 1.53. The van der Waals surface area contributed by atoms with Crippen LogP contribution in [-0.4, -0.2) is 40.7 Å². The number of anilines is 1. The van der Waals surface area contributed by atoms with Crippen LogP contribution in [-0.2, 0) is 4.79 Å². The summed E-state index contributed by atoms with van der Waals surface area (Å²) in [6, 6.07) is 0. The van der Waals surface area contributed by atoms with Gasteiger partial charge in [-0.05, 0) is 6.92 Å². The van der Waals surface area contributed by atoms with Crippen LogP contribution < -0.4 is 9.64 Å². The Morgan fingerprint density at radius 1 is 1.62 bits per heavy atom. The van der Waals surface area contributed by atoms with Crippen LogP contribution >= 0.6 is 0 Å². The molecule has 0 bridgehead atoms. The number of aromatic nitrogens is 2. The number of hydrogen-bond donors (Lipinski definition) is 1. The Kier molecular flexibility index (Phi) is 2.89. The summed E-state index contributed by atoms with van der Waals surface area (Å²) in [5, 5.41) is 8.75. The highest BCUT2D eigenvalue weighted by molar-refractivity contribution is 5.74. The molecule has 0 aromatic carbocycles. The Hall–Kier alpha value is -1.85. The molecular weight excluding hydrogens is 210 g/mol. The van der Waals surface area contributed by atoms with E-state index in [-0.39, 0.29) is 5.92 Å². The average Bonchev–Trinajstić information content (AvgIpc) is 2.15. The quantitative estimate of drug-likeness (QED) is 0.796. The van der Waals surface area contributed by atoms with Crippen molar-refractivity contribution < 1.29 is 14.6 Å². The van der Waals surface area contributed by atoms with Crippen molar-refractivity contribution in [3.8, 4) is 5.88 Å². The van der Waals surface area contributed by atoms with Gasteiger partial charge in [-0.2, -0.15) is 4.98 Å². The van der Waals surface area contributed by atoms with Gasteiger partial charge in [-0.25, -0.2) is 0 Å². The molecule has 2 rings (SSSR count). The van der Waals surface area contributed by atoms with E-state index in [9.17, 15) is 4.79 Å². The molecule has 6 heteroatoms. The minimum atomic E-state index is -0.759. The van der Waals surface area contributed by atoms with Crippen molar-refractivity contribution in [3.63, 3.8) is 0 Å². The first kappa shape index (κ1) is 10.7. The zero-order chi connectivity index (χ0) is 11.5. The molecule has 0 aliphatic carbocycles. The number of rotatable bonds is 4. The first-order chi connectivity index (χ1) is 7.70. The lowest BCUT2D eigenvalue weighted by molar-refractivity contribution is -0.142. The van der Waals surface area contributed by atoms with Crippen LogP contribution in [0.25, 0.3) is 0 Å². The first-order valence-corrected chi connectivity index (χ1v) is 5.13. The van der Waals surface area contributed by atoms with Crippen LogP contribution in [0.5, 0.6) is 5.88 Å². The van der Waals surface area contributed by atoms with Gasteiger partial charge in [-0.3, -0.25) is 9.78 Å². The molecule has 1 aliphatic heterocycles. The van der Waals surface area contributed by atoms with Crippen molar-refractivity contribution in [2.45, 2.75) is 6.92 Å². The Labute approximate surface area is 92.9 Å². The maximum absolute atomic E-state index is 10.6. The number of carboxylic acid groups (broad SMARTS) is 1. The van der Waals surface area contributed by atoms with E-state index in [1.807, 2.05) is 11.8 Å². The van der Waals surface area contributed by atoms with Gasteiger partial charge in [0.25, 0.3) is 0 Å². The summed E-state index contributed by atoms with van der Waals surface area (Å²) in [5.41, 5.74) is 0. The van der Waals surface area contributed by atoms with E-state index >= 15 is 0 Å². The van der Waals surface area contributed by atoms with Gasteiger partial charge in [0.2, 0.25) is 5.88 Å². The SMILES string of the molecule is CCOc1cncc(N2CC(C(=O)O)C2)n1. The van der Waals surface area contributed by atoms with E-state index in [0.717, 1.165) is 0 Å². The molecule has 0 atom stereocenters. The Morgan fingerprint density at radius 3 is 3.00 bits per heavy atom. The van der Waals surface area contributed by atoms with Crippen LogP contribution in [0.2, 0.25) is 0 Å². The lowest BCUT2D eigenvalue weighted by atomic mass is 10.0. The molecule has 86 valence electrons. The zero-order valence-corrected chi connectivity index (χ0v) is 8.96. The van der Waals surface area contributed by atoms with Gasteiger partial charge in [0, 0.05) is 13.1 Å². The molecule has 6 nitrogen and oxygen atoms in total. The molecule has 1 aliphatic rings. The largest absolute Gasteiger partial charge is 0.481 e. The second-order valence-corrected chi connectivity index (χ2v) is 3.59. The molecular formula is C10H13N3O3. The van der Waals surface area contributed by atoms with Crippen LogP contribution in [0, 0.1) is 5.92 Å². The van der Waals surface area contributed by atoms with Gasteiger partial charge >= 0.3 is 5.97 Å². The van der Waals surface area contributed by atoms with Crippen molar-refractivity contribution in [2.24, 2.45) is 5.92 Å². The van der Waals surface area contributed by atoms with Crippen molar-refractivity contribution in [2.75, 3.05) is 24.6 Å². The molecule has 0 radical (unpaired) electrons. The minimum absolute atomic E-state index is 0.294. The number of ether oxygens (including phenoxy) is 1. The summed E-state index contributed by atoms with van der Waals surface area (Å²) in [6.45, 7) is 3.38. The summed E-state index contributed by atoms with van der Waals surface area (Å²) < 4.78 is 5.22. The van der Waals surface area contributed by atoms with Gasteiger partial charge in [-0.15, -0.1) is 0 Å². The number of hydrogen-bond acceptors (Lipinski definition) is 5. The van der Waals surface area contributed by atoms with Crippen molar-refractivity contribution >= 4 is 11.8 Å². The Bertz CT molecular complexity index is 391. The number of aliphatic carboxylic acids is 1. The van der Waals surface area contributed by atoms with E-state index in [0.29, 0.717) is 31.4 Å². The first-order valence-electron chi connectivity index (χ1n) is 5.13. The second kappa shape index (κ2) is 4.34. The van der Waals surface area contributed by atoms with E-state index in [1.54, 1.807) is 12.4 Å². The van der Waals surface area contributed by atoms with Gasteiger partial charge in [0.15, 0.2) is 5.82 Å². The molecule has 1 fully saturated rings. The van der Waals surface area contributed by atoms with Gasteiger partial charge in [-0.1, -0.05) is 0 Å². The molecule has 16 heavy (non-hydrogen) atoms. The summed E-state index contributed by atoms with van der Waals surface area (Å²) in [5.74, 6) is 0.0879. The highest BCUT2D eigenvalue weighted by Gasteiger charge is 2.33. The topological polar surface area (TPSA) is 75.5 Å². The Balaban J connectivity index is 2.00. The van der Waals surface area contributed by atoms with Gasteiger partial charge in [0.1, 0.15) is 0 Å². The molecule has 2 heterocycles. The minimum Gasteiger partial charge on any atom is -0.481 e. The highest BCUT2D eigenvalue weighted by Crippen LogP contribution is 2.23. The predicted octanol–water partition coefficient (Wildman–Crippen LogP) is 0.396. The number of carboxylic acids is 1. The summed E-state index contributed by atoms with van der Waals surface area (Å²) >= 11 is 0. The third kappa shape index (κ3) is 2.05. The van der Waals surface area contributed by atoms with Crippen LogP contribution in [0.1, 0.15) is 6.92 Å². The van der Waals surface area contributed by atoms with E-state index < -0.39 is 5.97 Å². The fourth-order valence-corrected chi connectivity index (χ4v) is 1.53. The number of carbonyl (C=O) groups is 1. The molecule has 1 N–H and O–H groups in total. The highest BCUT2D eigenvalue weighted by atomic mass is 16.5.